The highest BCUT2D eigenvalue weighted by molar-refractivity contribution is 7.92. The number of amides is 1. The number of ether oxygens (including phenoxy) is 1. The highest BCUT2D eigenvalue weighted by atomic mass is 35.5. The first-order valence-corrected chi connectivity index (χ1v) is 11.9. The van der Waals surface area contributed by atoms with Crippen LogP contribution in [0.15, 0.2) is 47.4 Å². The molecule has 1 amide bonds. The summed E-state index contributed by atoms with van der Waals surface area (Å²) in [4.78, 5) is 23.0. The van der Waals surface area contributed by atoms with Crippen molar-refractivity contribution in [1.82, 2.24) is 5.32 Å². The van der Waals surface area contributed by atoms with Crippen LogP contribution in [0.1, 0.15) is 31.2 Å². The predicted molar refractivity (Wildman–Crippen MR) is 121 cm³/mol. The highest BCUT2D eigenvalue weighted by Gasteiger charge is 2.16. The second-order valence-corrected chi connectivity index (χ2v) is 9.29. The molecular weight excluding hydrogens is 463 g/mol. The standard InChI is InChI=1S/C21H24Cl2N2O5S/c1-30-21(27)5-3-2-4-12-24-20(26)13-15-6-8-16(9-7-15)25-31(28,29)17-10-11-18(22)19(23)14-17/h6-11,14,25H,2-5,12-13H2,1H3,(H,24,26). The molecule has 31 heavy (non-hydrogen) atoms. The topological polar surface area (TPSA) is 102 Å². The van der Waals surface area contributed by atoms with Gasteiger partial charge in [0.15, 0.2) is 0 Å². The quantitative estimate of drug-likeness (QED) is 0.366. The number of nitrogens with one attached hydrogen (secondary N) is 2. The number of carbonyl (C=O) groups is 2. The first-order chi connectivity index (χ1) is 14.7. The number of benzene rings is 2. The number of methoxy groups -OCH3 is 1. The second-order valence-electron chi connectivity index (χ2n) is 6.79. The average Bonchev–Trinajstić information content (AvgIpc) is 2.73. The molecule has 0 aromatic heterocycles. The van der Waals surface area contributed by atoms with E-state index >= 15 is 0 Å². The van der Waals surface area contributed by atoms with Gasteiger partial charge in [-0.25, -0.2) is 8.42 Å². The van der Waals surface area contributed by atoms with Crippen LogP contribution in [0.25, 0.3) is 0 Å². The van der Waals surface area contributed by atoms with Crippen molar-refractivity contribution in [2.45, 2.75) is 37.0 Å². The summed E-state index contributed by atoms with van der Waals surface area (Å²) in [5.41, 5.74) is 1.11. The summed E-state index contributed by atoms with van der Waals surface area (Å²) >= 11 is 11.7. The van der Waals surface area contributed by atoms with Gasteiger partial charge >= 0.3 is 5.97 Å². The molecule has 2 N–H and O–H groups in total. The van der Waals surface area contributed by atoms with Gasteiger partial charge in [0.2, 0.25) is 5.91 Å². The molecule has 0 radical (unpaired) electrons. The molecule has 2 aromatic carbocycles. The van der Waals surface area contributed by atoms with E-state index in [9.17, 15) is 18.0 Å². The number of anilines is 1. The van der Waals surface area contributed by atoms with E-state index in [4.69, 9.17) is 23.2 Å². The SMILES string of the molecule is COC(=O)CCCCCNC(=O)Cc1ccc(NS(=O)(=O)c2ccc(Cl)c(Cl)c2)cc1. The van der Waals surface area contributed by atoms with E-state index < -0.39 is 10.0 Å². The molecular formula is C21H24Cl2N2O5S. The van der Waals surface area contributed by atoms with Gasteiger partial charge in [-0.1, -0.05) is 41.8 Å². The number of hydrogen-bond acceptors (Lipinski definition) is 5. The molecule has 7 nitrogen and oxygen atoms in total. The number of halogens is 2. The van der Waals surface area contributed by atoms with Crippen LogP contribution >= 0.6 is 23.2 Å². The van der Waals surface area contributed by atoms with Crippen LogP contribution in [0, 0.1) is 0 Å². The van der Waals surface area contributed by atoms with Crippen LogP contribution in [0.2, 0.25) is 10.0 Å². The zero-order valence-electron chi connectivity index (χ0n) is 17.0. The molecule has 2 aromatic rings. The number of hydrogen-bond donors (Lipinski definition) is 2. The van der Waals surface area contributed by atoms with E-state index in [0.29, 0.717) is 18.7 Å². The molecule has 168 valence electrons. The number of rotatable bonds is 11. The fourth-order valence-corrected chi connectivity index (χ4v) is 4.14. The molecule has 2 rings (SSSR count). The minimum Gasteiger partial charge on any atom is -0.469 e. The van der Waals surface area contributed by atoms with Gasteiger partial charge < -0.3 is 10.1 Å². The van der Waals surface area contributed by atoms with Gasteiger partial charge in [-0.15, -0.1) is 0 Å². The summed E-state index contributed by atoms with van der Waals surface area (Å²) in [7, 11) is -2.46. The number of carbonyl (C=O) groups excluding carboxylic acids is 2. The van der Waals surface area contributed by atoms with Crippen molar-refractivity contribution < 1.29 is 22.7 Å². The fourth-order valence-electron chi connectivity index (χ4n) is 2.70. The monoisotopic (exact) mass is 486 g/mol. The third-order valence-corrected chi connectivity index (χ3v) is 6.50. The summed E-state index contributed by atoms with van der Waals surface area (Å²) < 4.78 is 32.0. The Balaban J connectivity index is 1.80. The first-order valence-electron chi connectivity index (χ1n) is 9.61. The predicted octanol–water partition coefficient (Wildman–Crippen LogP) is 4.19. The van der Waals surface area contributed by atoms with Crippen molar-refractivity contribution >= 4 is 50.8 Å². The van der Waals surface area contributed by atoms with E-state index in [1.807, 2.05) is 0 Å². The normalized spacial score (nSPS) is 11.1. The zero-order valence-corrected chi connectivity index (χ0v) is 19.3. The van der Waals surface area contributed by atoms with Crippen molar-refractivity contribution in [2.24, 2.45) is 0 Å². The molecule has 0 fully saturated rings. The Morgan fingerprint density at radius 3 is 2.32 bits per heavy atom. The third-order valence-electron chi connectivity index (χ3n) is 4.38. The van der Waals surface area contributed by atoms with Gasteiger partial charge in [-0.3, -0.25) is 14.3 Å². The van der Waals surface area contributed by atoms with E-state index in [-0.39, 0.29) is 33.2 Å². The van der Waals surface area contributed by atoms with Crippen LogP contribution in [0.3, 0.4) is 0 Å². The molecule has 0 aliphatic heterocycles. The van der Waals surface area contributed by atoms with Crippen LogP contribution in [-0.4, -0.2) is 33.9 Å². The maximum Gasteiger partial charge on any atom is 0.305 e. The Hall–Kier alpha value is -2.29. The van der Waals surface area contributed by atoms with Crippen LogP contribution in [0.4, 0.5) is 5.69 Å². The van der Waals surface area contributed by atoms with E-state index in [1.54, 1.807) is 24.3 Å². The lowest BCUT2D eigenvalue weighted by Gasteiger charge is -2.10. The van der Waals surface area contributed by atoms with E-state index in [0.717, 1.165) is 24.8 Å². The second kappa shape index (κ2) is 11.9. The smallest absolute Gasteiger partial charge is 0.305 e. The molecule has 0 unspecified atom stereocenters. The molecule has 0 saturated heterocycles. The van der Waals surface area contributed by atoms with Gasteiger partial charge in [0.05, 0.1) is 28.5 Å². The largest absolute Gasteiger partial charge is 0.469 e. The lowest BCUT2D eigenvalue weighted by Crippen LogP contribution is -2.26. The van der Waals surface area contributed by atoms with Crippen LogP contribution < -0.4 is 10.0 Å². The Kier molecular flexibility index (Phi) is 9.61. The summed E-state index contributed by atoms with van der Waals surface area (Å²) in [6.45, 7) is 0.529. The Morgan fingerprint density at radius 2 is 1.68 bits per heavy atom. The molecule has 0 atom stereocenters. The number of sulfonamides is 1. The number of esters is 1. The minimum absolute atomic E-state index is 0.00283. The average molecular weight is 487 g/mol. The fraction of sp³-hybridized carbons (Fsp3) is 0.333. The molecule has 0 saturated carbocycles. The minimum atomic E-state index is -3.82. The van der Waals surface area contributed by atoms with Crippen molar-refractivity contribution in [2.75, 3.05) is 18.4 Å². The lowest BCUT2D eigenvalue weighted by molar-refractivity contribution is -0.140. The van der Waals surface area contributed by atoms with Gasteiger partial charge in [0, 0.05) is 18.7 Å². The number of unbranched alkanes of at least 4 members (excludes halogenated alkanes) is 2. The van der Waals surface area contributed by atoms with E-state index in [1.165, 1.54) is 25.3 Å². The van der Waals surface area contributed by atoms with Crippen molar-refractivity contribution in [3.8, 4) is 0 Å². The van der Waals surface area contributed by atoms with Crippen molar-refractivity contribution in [1.29, 1.82) is 0 Å². The highest BCUT2D eigenvalue weighted by Crippen LogP contribution is 2.26. The Morgan fingerprint density at radius 1 is 0.968 bits per heavy atom. The summed E-state index contributed by atoms with van der Waals surface area (Å²) in [5, 5.41) is 3.24. The molecule has 0 bridgehead atoms. The van der Waals surface area contributed by atoms with Crippen molar-refractivity contribution in [3.05, 3.63) is 58.1 Å². The molecule has 0 spiro atoms. The maximum absolute atomic E-state index is 12.5. The van der Waals surface area contributed by atoms with Gasteiger partial charge in [0.25, 0.3) is 10.0 Å². The molecule has 0 aliphatic carbocycles. The lowest BCUT2D eigenvalue weighted by atomic mass is 10.1. The summed E-state index contributed by atoms with van der Waals surface area (Å²) in [5.74, 6) is -0.358. The maximum atomic E-state index is 12.5. The van der Waals surface area contributed by atoms with Crippen molar-refractivity contribution in [3.63, 3.8) is 0 Å². The van der Waals surface area contributed by atoms with Gasteiger partial charge in [-0.2, -0.15) is 0 Å². The molecule has 0 aliphatic rings. The molecule has 10 heteroatoms. The van der Waals surface area contributed by atoms with Gasteiger partial charge in [-0.05, 0) is 48.7 Å². The summed E-state index contributed by atoms with van der Waals surface area (Å²) in [6.07, 6.45) is 2.89. The molecule has 0 heterocycles. The van der Waals surface area contributed by atoms with Crippen LogP contribution in [-0.2, 0) is 30.8 Å². The van der Waals surface area contributed by atoms with Gasteiger partial charge in [0.1, 0.15) is 0 Å². The Labute approximate surface area is 192 Å². The Bertz CT molecular complexity index is 1010. The van der Waals surface area contributed by atoms with E-state index in [2.05, 4.69) is 14.8 Å². The first kappa shape index (κ1) is 25.0. The van der Waals surface area contributed by atoms with Crippen LogP contribution in [0.5, 0.6) is 0 Å². The third kappa shape index (κ3) is 8.40. The summed E-state index contributed by atoms with van der Waals surface area (Å²) in [6, 6.07) is 10.6. The zero-order chi connectivity index (χ0) is 22.9.